The summed E-state index contributed by atoms with van der Waals surface area (Å²) in [6.45, 7) is 11.7. The Hall–Kier alpha value is -1.45. The summed E-state index contributed by atoms with van der Waals surface area (Å²) in [6, 6.07) is 0. The van der Waals surface area contributed by atoms with E-state index in [4.69, 9.17) is 4.99 Å². The minimum absolute atomic E-state index is 0.0656. The van der Waals surface area contributed by atoms with Crippen molar-refractivity contribution in [3.8, 4) is 0 Å². The Balaban J connectivity index is 1.60. The number of rotatable bonds is 1. The maximum absolute atomic E-state index is 13.0. The van der Waals surface area contributed by atoms with Gasteiger partial charge in [-0.25, -0.2) is 0 Å². The molecule has 2 fully saturated rings. The van der Waals surface area contributed by atoms with E-state index in [1.165, 1.54) is 0 Å². The quantitative estimate of drug-likeness (QED) is 0.760. The fourth-order valence-electron chi connectivity index (χ4n) is 6.73. The van der Waals surface area contributed by atoms with Crippen LogP contribution < -0.4 is 5.32 Å². The average Bonchev–Trinajstić information content (AvgIpc) is 2.91. The molecule has 4 aliphatic rings. The summed E-state index contributed by atoms with van der Waals surface area (Å²) in [5, 5.41) is 3.23. The van der Waals surface area contributed by atoms with Gasteiger partial charge in [-0.3, -0.25) is 14.6 Å². The molecule has 1 N–H and O–H groups in total. The van der Waals surface area contributed by atoms with E-state index in [0.29, 0.717) is 24.2 Å². The normalized spacial score (nSPS) is 43.4. The number of aliphatic imine (C=N–C) groups is 1. The van der Waals surface area contributed by atoms with Gasteiger partial charge in [0.25, 0.3) is 0 Å². The van der Waals surface area contributed by atoms with Crippen molar-refractivity contribution in [1.29, 1.82) is 0 Å². The van der Waals surface area contributed by atoms with Gasteiger partial charge < -0.3 is 5.32 Å². The molecule has 148 valence electrons. The Bertz CT molecular complexity index is 731. The minimum atomic E-state index is -0.181. The highest BCUT2D eigenvalue weighted by molar-refractivity contribution is 6.12. The second-order valence-electron chi connectivity index (χ2n) is 10.8. The number of nitrogens with zero attached hydrogens (tertiary/aromatic N) is 1. The molecule has 27 heavy (non-hydrogen) atoms. The van der Waals surface area contributed by atoms with Crippen molar-refractivity contribution in [1.82, 2.24) is 5.32 Å². The summed E-state index contributed by atoms with van der Waals surface area (Å²) in [5.41, 5.74) is 0.928. The zero-order valence-electron chi connectivity index (χ0n) is 17.5. The van der Waals surface area contributed by atoms with Gasteiger partial charge in [-0.05, 0) is 75.7 Å². The summed E-state index contributed by atoms with van der Waals surface area (Å²) in [6.07, 6.45) is 8.77. The molecule has 4 nitrogen and oxygen atoms in total. The monoisotopic (exact) mass is 370 g/mol. The Labute approximate surface area is 163 Å². The number of hydrogen-bond acceptors (Lipinski definition) is 3. The molecular weight excluding hydrogens is 336 g/mol. The lowest BCUT2D eigenvalue weighted by molar-refractivity contribution is -0.132. The van der Waals surface area contributed by atoms with Crippen molar-refractivity contribution in [3.05, 3.63) is 12.2 Å². The number of ketones is 1. The number of carbonyl (C=O) groups excluding carboxylic acids is 2. The third-order valence-corrected chi connectivity index (χ3v) is 8.09. The van der Waals surface area contributed by atoms with Crippen molar-refractivity contribution in [3.63, 3.8) is 0 Å². The Morgan fingerprint density at radius 3 is 2.63 bits per heavy atom. The van der Waals surface area contributed by atoms with Crippen LogP contribution in [0.5, 0.6) is 0 Å². The number of amides is 1. The Kier molecular flexibility index (Phi) is 4.21. The predicted molar refractivity (Wildman–Crippen MR) is 108 cm³/mol. The van der Waals surface area contributed by atoms with Crippen molar-refractivity contribution in [2.24, 2.45) is 39.5 Å². The standard InChI is InChI=1S/C23H34N2O2/c1-21(2,3)25-20(27)18-7-6-16-15-13-24-19-12-14(26)8-10-23(19,5)17(15)9-11-22(16,18)4/h8,10,15-18H,6-7,9,11-13H2,1-5H3,(H,25,27)/t15-,16-,17-,18+,22-,23+/m0/s1. The van der Waals surface area contributed by atoms with Crippen LogP contribution in [0.25, 0.3) is 0 Å². The molecule has 3 aliphatic carbocycles. The summed E-state index contributed by atoms with van der Waals surface area (Å²) in [5.74, 6) is 2.18. The van der Waals surface area contributed by atoms with Crippen molar-refractivity contribution in [2.45, 2.75) is 72.3 Å². The van der Waals surface area contributed by atoms with Gasteiger partial charge >= 0.3 is 0 Å². The first kappa shape index (κ1) is 18.9. The van der Waals surface area contributed by atoms with Crippen LogP contribution in [0.3, 0.4) is 0 Å². The lowest BCUT2D eigenvalue weighted by atomic mass is 9.50. The number of carbonyl (C=O) groups is 2. The van der Waals surface area contributed by atoms with Crippen LogP contribution in [0, 0.1) is 34.5 Å². The molecule has 0 saturated heterocycles. The first-order chi connectivity index (χ1) is 12.5. The molecule has 4 rings (SSSR count). The van der Waals surface area contributed by atoms with Crippen molar-refractivity contribution >= 4 is 17.4 Å². The minimum Gasteiger partial charge on any atom is -0.351 e. The van der Waals surface area contributed by atoms with Gasteiger partial charge in [0.05, 0.1) is 0 Å². The number of allylic oxidation sites excluding steroid dienone is 2. The van der Waals surface area contributed by atoms with Gasteiger partial charge in [0.2, 0.25) is 5.91 Å². The fraction of sp³-hybridized carbons (Fsp3) is 0.783. The van der Waals surface area contributed by atoms with Crippen LogP contribution in [-0.4, -0.2) is 29.5 Å². The maximum Gasteiger partial charge on any atom is 0.224 e. The maximum atomic E-state index is 13.0. The second-order valence-corrected chi connectivity index (χ2v) is 10.8. The largest absolute Gasteiger partial charge is 0.351 e. The first-order valence-electron chi connectivity index (χ1n) is 10.6. The van der Waals surface area contributed by atoms with Gasteiger partial charge in [-0.2, -0.15) is 0 Å². The zero-order chi connectivity index (χ0) is 19.6. The van der Waals surface area contributed by atoms with E-state index in [1.807, 2.05) is 0 Å². The van der Waals surface area contributed by atoms with Gasteiger partial charge in [0, 0.05) is 35.5 Å². The predicted octanol–water partition coefficient (Wildman–Crippen LogP) is 3.95. The number of hydrogen-bond donors (Lipinski definition) is 1. The van der Waals surface area contributed by atoms with E-state index in [0.717, 1.165) is 37.9 Å². The number of fused-ring (bicyclic) bond motifs is 5. The molecule has 1 aliphatic heterocycles. The highest BCUT2D eigenvalue weighted by atomic mass is 16.2. The molecule has 0 aromatic rings. The third kappa shape index (κ3) is 2.91. The van der Waals surface area contributed by atoms with Gasteiger partial charge in [0.1, 0.15) is 0 Å². The van der Waals surface area contributed by atoms with Crippen molar-refractivity contribution in [2.75, 3.05) is 6.54 Å². The fourth-order valence-corrected chi connectivity index (χ4v) is 6.73. The van der Waals surface area contributed by atoms with Crippen LogP contribution >= 0.6 is 0 Å². The SMILES string of the molecule is CC(C)(C)NC(=O)[C@H]1CC[C@H]2[C@@H]3CN=C4CC(=O)C=C[C@]4(C)[C@H]3CC[C@]12C. The van der Waals surface area contributed by atoms with Crippen LogP contribution in [0.4, 0.5) is 0 Å². The molecule has 0 unspecified atom stereocenters. The molecule has 4 heteroatoms. The lowest BCUT2D eigenvalue weighted by Gasteiger charge is -2.55. The van der Waals surface area contributed by atoms with E-state index in [2.05, 4.69) is 46.0 Å². The van der Waals surface area contributed by atoms with Crippen LogP contribution in [0.1, 0.15) is 66.7 Å². The van der Waals surface area contributed by atoms with E-state index < -0.39 is 0 Å². The molecular formula is C23H34N2O2. The molecule has 0 spiro atoms. The van der Waals surface area contributed by atoms with E-state index in [-0.39, 0.29) is 34.0 Å². The van der Waals surface area contributed by atoms with E-state index in [9.17, 15) is 9.59 Å². The van der Waals surface area contributed by atoms with Crippen molar-refractivity contribution < 1.29 is 9.59 Å². The molecule has 0 aromatic carbocycles. The topological polar surface area (TPSA) is 58.5 Å². The molecule has 1 amide bonds. The summed E-state index contributed by atoms with van der Waals surface area (Å²) < 4.78 is 0. The van der Waals surface area contributed by atoms with Gasteiger partial charge in [-0.15, -0.1) is 0 Å². The first-order valence-corrected chi connectivity index (χ1v) is 10.6. The lowest BCUT2D eigenvalue weighted by Crippen LogP contribution is -2.55. The highest BCUT2D eigenvalue weighted by Gasteiger charge is 2.60. The number of nitrogens with one attached hydrogen (secondary N) is 1. The molecule has 0 radical (unpaired) electrons. The van der Waals surface area contributed by atoms with Gasteiger partial charge in [-0.1, -0.05) is 19.9 Å². The molecule has 2 saturated carbocycles. The van der Waals surface area contributed by atoms with Crippen LogP contribution in [0.2, 0.25) is 0 Å². The Morgan fingerprint density at radius 1 is 1.19 bits per heavy atom. The highest BCUT2D eigenvalue weighted by Crippen LogP contribution is 2.63. The smallest absolute Gasteiger partial charge is 0.224 e. The average molecular weight is 371 g/mol. The molecule has 6 atom stereocenters. The second kappa shape index (κ2) is 6.02. The summed E-state index contributed by atoms with van der Waals surface area (Å²) in [4.78, 5) is 29.8. The van der Waals surface area contributed by atoms with Crippen LogP contribution in [-0.2, 0) is 9.59 Å². The Morgan fingerprint density at radius 2 is 1.93 bits per heavy atom. The molecule has 1 heterocycles. The molecule has 0 aromatic heterocycles. The van der Waals surface area contributed by atoms with Crippen LogP contribution in [0.15, 0.2) is 17.1 Å². The molecule has 0 bridgehead atoms. The third-order valence-electron chi connectivity index (χ3n) is 8.09. The summed E-state index contributed by atoms with van der Waals surface area (Å²) >= 11 is 0. The summed E-state index contributed by atoms with van der Waals surface area (Å²) in [7, 11) is 0. The van der Waals surface area contributed by atoms with E-state index >= 15 is 0 Å². The van der Waals surface area contributed by atoms with E-state index in [1.54, 1.807) is 6.08 Å². The van der Waals surface area contributed by atoms with Gasteiger partial charge in [0.15, 0.2) is 5.78 Å². The zero-order valence-corrected chi connectivity index (χ0v) is 17.5.